The number of aliphatic hydroxyl groups excluding tert-OH is 2. The Morgan fingerprint density at radius 1 is 1.23 bits per heavy atom. The van der Waals surface area contributed by atoms with Crippen molar-refractivity contribution < 1.29 is 24.9 Å². The lowest BCUT2D eigenvalue weighted by molar-refractivity contribution is -0.123. The van der Waals surface area contributed by atoms with Crippen LogP contribution in [0.15, 0.2) is 12.1 Å². The molecule has 2 unspecified atom stereocenters. The summed E-state index contributed by atoms with van der Waals surface area (Å²) in [6.07, 6.45) is 8.04. The number of hydrogen-bond donors (Lipinski definition) is 3. The second-order valence-electron chi connectivity index (χ2n) is 9.23. The predicted molar refractivity (Wildman–Crippen MR) is 124 cm³/mol. The van der Waals surface area contributed by atoms with Crippen LogP contribution in [0.5, 0.6) is 0 Å². The summed E-state index contributed by atoms with van der Waals surface area (Å²) < 4.78 is 0. The third kappa shape index (κ3) is 6.18. The molecule has 1 aromatic heterocycles. The minimum Gasteiger partial charge on any atom is -0.477 e. The van der Waals surface area contributed by atoms with Gasteiger partial charge in [-0.2, -0.15) is 0 Å². The largest absolute Gasteiger partial charge is 0.477 e. The molecular weight excluding hydrogens is 414 g/mol. The van der Waals surface area contributed by atoms with Crippen LogP contribution in [-0.4, -0.2) is 45.9 Å². The van der Waals surface area contributed by atoms with Gasteiger partial charge in [-0.15, -0.1) is 11.3 Å². The number of carboxylic acid groups (broad SMARTS) is 1. The molecule has 2 aliphatic rings. The third-order valence-electron chi connectivity index (χ3n) is 6.53. The maximum absolute atomic E-state index is 13.5. The fraction of sp³-hybridized carbons (Fsp3) is 0.667. The first-order valence-electron chi connectivity index (χ1n) is 11.5. The molecule has 1 aromatic rings. The first kappa shape index (κ1) is 24.0. The summed E-state index contributed by atoms with van der Waals surface area (Å²) in [6.45, 7) is 4.34. The number of carbonyl (C=O) groups is 2. The molecule has 172 valence electrons. The molecule has 2 aliphatic carbocycles. The molecule has 3 rings (SSSR count). The highest BCUT2D eigenvalue weighted by Gasteiger charge is 2.32. The number of amides is 1. The highest BCUT2D eigenvalue weighted by atomic mass is 32.1. The normalized spacial score (nSPS) is 25.0. The Morgan fingerprint density at radius 3 is 2.52 bits per heavy atom. The molecule has 1 heterocycles. The van der Waals surface area contributed by atoms with Gasteiger partial charge in [-0.1, -0.05) is 13.0 Å². The van der Waals surface area contributed by atoms with Crippen molar-refractivity contribution in [2.45, 2.75) is 83.8 Å². The Bertz CT molecular complexity index is 807. The maximum atomic E-state index is 13.5. The summed E-state index contributed by atoms with van der Waals surface area (Å²) in [5.41, 5.74) is 1.53. The lowest BCUT2D eigenvalue weighted by Crippen LogP contribution is -2.39. The SMILES string of the molecule is CC(O)CCCN(C(=O)C1CCC(C)CC1)c1cc(C2=CCC(O)CC2)sc1C(=O)O. The summed E-state index contributed by atoms with van der Waals surface area (Å²) in [4.78, 5) is 28.3. The van der Waals surface area contributed by atoms with E-state index in [4.69, 9.17) is 0 Å². The van der Waals surface area contributed by atoms with Crippen LogP contribution in [0.4, 0.5) is 5.69 Å². The lowest BCUT2D eigenvalue weighted by Gasteiger charge is -2.31. The molecule has 1 amide bonds. The van der Waals surface area contributed by atoms with Crippen molar-refractivity contribution in [3.8, 4) is 0 Å². The second-order valence-corrected chi connectivity index (χ2v) is 10.3. The summed E-state index contributed by atoms with van der Waals surface area (Å²) in [6, 6.07) is 1.85. The first-order chi connectivity index (χ1) is 14.8. The van der Waals surface area contributed by atoms with Crippen LogP contribution in [0, 0.1) is 11.8 Å². The highest BCUT2D eigenvalue weighted by Crippen LogP contribution is 2.39. The number of hydrogen-bond acceptors (Lipinski definition) is 5. The molecule has 0 radical (unpaired) electrons. The fourth-order valence-electron chi connectivity index (χ4n) is 4.56. The Kier molecular flexibility index (Phi) is 8.30. The molecule has 3 N–H and O–H groups in total. The van der Waals surface area contributed by atoms with E-state index in [9.17, 15) is 24.9 Å². The van der Waals surface area contributed by atoms with E-state index in [0.29, 0.717) is 50.3 Å². The zero-order valence-electron chi connectivity index (χ0n) is 18.5. The predicted octanol–water partition coefficient (Wildman–Crippen LogP) is 4.69. The van der Waals surface area contributed by atoms with Crippen LogP contribution < -0.4 is 4.90 Å². The van der Waals surface area contributed by atoms with Crippen molar-refractivity contribution in [1.82, 2.24) is 0 Å². The van der Waals surface area contributed by atoms with Crippen molar-refractivity contribution in [1.29, 1.82) is 0 Å². The summed E-state index contributed by atoms with van der Waals surface area (Å²) in [5.74, 6) is -0.453. The van der Waals surface area contributed by atoms with Gasteiger partial charge in [0, 0.05) is 17.3 Å². The number of thiophene rings is 1. The minimum atomic E-state index is -1.02. The number of aliphatic hydroxyl groups is 2. The highest BCUT2D eigenvalue weighted by molar-refractivity contribution is 7.15. The van der Waals surface area contributed by atoms with Gasteiger partial charge in [0.1, 0.15) is 4.88 Å². The maximum Gasteiger partial charge on any atom is 0.348 e. The molecule has 2 atom stereocenters. The standard InChI is InChI=1S/C24H35NO5S/c1-15-5-7-18(8-6-15)23(28)25(13-3-4-16(2)26)20-14-21(31-22(20)24(29)30)17-9-11-19(27)12-10-17/h9,14-16,18-19,26-27H,3-8,10-13H2,1-2H3,(H,29,30). The number of nitrogens with zero attached hydrogens (tertiary/aromatic N) is 1. The molecule has 0 aromatic carbocycles. The monoisotopic (exact) mass is 449 g/mol. The molecule has 0 aliphatic heterocycles. The van der Waals surface area contributed by atoms with Gasteiger partial charge in [0.15, 0.2) is 0 Å². The first-order valence-corrected chi connectivity index (χ1v) is 12.3. The molecule has 1 fully saturated rings. The van der Waals surface area contributed by atoms with Gasteiger partial charge in [0.25, 0.3) is 0 Å². The number of carboxylic acids is 1. The van der Waals surface area contributed by atoms with E-state index >= 15 is 0 Å². The van der Waals surface area contributed by atoms with E-state index in [1.54, 1.807) is 11.8 Å². The summed E-state index contributed by atoms with van der Waals surface area (Å²) in [7, 11) is 0. The number of aromatic carboxylic acids is 1. The lowest BCUT2D eigenvalue weighted by atomic mass is 9.82. The quantitative estimate of drug-likeness (QED) is 0.535. The van der Waals surface area contributed by atoms with Crippen LogP contribution in [-0.2, 0) is 4.79 Å². The summed E-state index contributed by atoms with van der Waals surface area (Å²) >= 11 is 1.22. The zero-order valence-corrected chi connectivity index (χ0v) is 19.4. The Morgan fingerprint density at radius 2 is 1.94 bits per heavy atom. The van der Waals surface area contributed by atoms with Gasteiger partial charge in [-0.3, -0.25) is 4.79 Å². The molecule has 0 saturated heterocycles. The van der Waals surface area contributed by atoms with E-state index in [0.717, 1.165) is 36.1 Å². The average Bonchev–Trinajstić information content (AvgIpc) is 3.17. The Hall–Kier alpha value is -1.70. The number of allylic oxidation sites excluding steroid dienone is 1. The van der Waals surface area contributed by atoms with Crippen molar-refractivity contribution in [3.05, 3.63) is 21.9 Å². The van der Waals surface area contributed by atoms with E-state index in [2.05, 4.69) is 6.92 Å². The molecule has 7 heteroatoms. The van der Waals surface area contributed by atoms with Crippen molar-refractivity contribution in [2.75, 3.05) is 11.4 Å². The molecule has 0 bridgehead atoms. The van der Waals surface area contributed by atoms with Crippen LogP contribution >= 0.6 is 11.3 Å². The van der Waals surface area contributed by atoms with E-state index < -0.39 is 12.1 Å². The van der Waals surface area contributed by atoms with Crippen LogP contribution in [0.3, 0.4) is 0 Å². The number of carbonyl (C=O) groups excluding carboxylic acids is 1. The summed E-state index contributed by atoms with van der Waals surface area (Å²) in [5, 5.41) is 29.3. The third-order valence-corrected chi connectivity index (χ3v) is 7.72. The number of rotatable bonds is 8. The smallest absolute Gasteiger partial charge is 0.348 e. The van der Waals surface area contributed by atoms with Crippen molar-refractivity contribution >= 4 is 34.5 Å². The van der Waals surface area contributed by atoms with Gasteiger partial charge in [-0.05, 0) is 82.3 Å². The topological polar surface area (TPSA) is 98.1 Å². The Balaban J connectivity index is 1.90. The van der Waals surface area contributed by atoms with Crippen molar-refractivity contribution in [2.24, 2.45) is 11.8 Å². The van der Waals surface area contributed by atoms with Crippen LogP contribution in [0.1, 0.15) is 86.2 Å². The van der Waals surface area contributed by atoms with Gasteiger partial charge in [-0.25, -0.2) is 4.79 Å². The minimum absolute atomic E-state index is 0.0115. The van der Waals surface area contributed by atoms with Gasteiger partial charge < -0.3 is 20.2 Å². The van der Waals surface area contributed by atoms with Gasteiger partial charge in [0.2, 0.25) is 5.91 Å². The van der Waals surface area contributed by atoms with Gasteiger partial charge >= 0.3 is 5.97 Å². The van der Waals surface area contributed by atoms with Crippen molar-refractivity contribution in [3.63, 3.8) is 0 Å². The Labute approximate surface area is 188 Å². The van der Waals surface area contributed by atoms with E-state index in [1.165, 1.54) is 11.3 Å². The average molecular weight is 450 g/mol. The molecule has 1 saturated carbocycles. The second kappa shape index (κ2) is 10.7. The number of anilines is 1. The van der Waals surface area contributed by atoms with Crippen LogP contribution in [0.25, 0.3) is 5.57 Å². The van der Waals surface area contributed by atoms with Crippen LogP contribution in [0.2, 0.25) is 0 Å². The molecular formula is C24H35NO5S. The zero-order chi connectivity index (χ0) is 22.5. The van der Waals surface area contributed by atoms with E-state index in [-0.39, 0.29) is 22.8 Å². The molecule has 6 nitrogen and oxygen atoms in total. The van der Waals surface area contributed by atoms with E-state index in [1.807, 2.05) is 12.1 Å². The molecule has 0 spiro atoms. The van der Waals surface area contributed by atoms with Gasteiger partial charge in [0.05, 0.1) is 17.9 Å². The fourth-order valence-corrected chi connectivity index (χ4v) is 5.63. The molecule has 31 heavy (non-hydrogen) atoms.